The second kappa shape index (κ2) is 6.18. The van der Waals surface area contributed by atoms with Gasteiger partial charge in [0.25, 0.3) is 0 Å². The lowest BCUT2D eigenvalue weighted by atomic mass is 10.1. The molecule has 116 valence electrons. The lowest BCUT2D eigenvalue weighted by Crippen LogP contribution is -2.31. The van der Waals surface area contributed by atoms with Crippen LogP contribution in [0.4, 0.5) is 0 Å². The molecule has 0 atom stereocenters. The van der Waals surface area contributed by atoms with E-state index in [0.29, 0.717) is 0 Å². The molecule has 4 nitrogen and oxygen atoms in total. The molecule has 3 aromatic heterocycles. The summed E-state index contributed by atoms with van der Waals surface area (Å²) >= 11 is 1.69. The highest BCUT2D eigenvalue weighted by atomic mass is 32.1. The predicted octanol–water partition coefficient (Wildman–Crippen LogP) is 3.47. The number of hydrogen-bond acceptors (Lipinski definition) is 5. The molecule has 0 bridgehead atoms. The van der Waals surface area contributed by atoms with Gasteiger partial charge in [0.2, 0.25) is 0 Å². The highest BCUT2D eigenvalue weighted by Gasteiger charge is 2.19. The quantitative estimate of drug-likeness (QED) is 0.740. The van der Waals surface area contributed by atoms with Crippen LogP contribution in [0, 0.1) is 6.92 Å². The van der Waals surface area contributed by atoms with Gasteiger partial charge >= 0.3 is 0 Å². The second-order valence-corrected chi connectivity index (χ2v) is 6.92. The molecule has 0 fully saturated rings. The minimum Gasteiger partial charge on any atom is -0.294 e. The summed E-state index contributed by atoms with van der Waals surface area (Å²) < 4.78 is 0. The maximum atomic E-state index is 4.77. The van der Waals surface area contributed by atoms with E-state index in [0.717, 1.165) is 36.8 Å². The molecular weight excluding hydrogens is 304 g/mol. The highest BCUT2D eigenvalue weighted by molar-refractivity contribution is 7.13. The monoisotopic (exact) mass is 322 g/mol. The summed E-state index contributed by atoms with van der Waals surface area (Å²) in [6.45, 7) is 4.96. The van der Waals surface area contributed by atoms with E-state index < -0.39 is 0 Å². The summed E-state index contributed by atoms with van der Waals surface area (Å²) in [5, 5.41) is 2.07. The molecule has 0 saturated heterocycles. The Balaban J connectivity index is 1.51. The average Bonchev–Trinajstić information content (AvgIpc) is 3.09. The Labute approximate surface area is 139 Å². The largest absolute Gasteiger partial charge is 0.294 e. The van der Waals surface area contributed by atoms with Gasteiger partial charge in [0.05, 0.1) is 10.6 Å². The SMILES string of the molecule is Cc1cncc(CN2CCc3nc(-c4cccs4)ncc3C2)c1. The minimum absolute atomic E-state index is 0.857. The minimum atomic E-state index is 0.857. The average molecular weight is 322 g/mol. The molecule has 1 aliphatic rings. The number of aryl methyl sites for hydroxylation is 1. The van der Waals surface area contributed by atoms with Crippen molar-refractivity contribution in [2.75, 3.05) is 6.54 Å². The lowest BCUT2D eigenvalue weighted by molar-refractivity contribution is 0.242. The zero-order chi connectivity index (χ0) is 15.6. The van der Waals surface area contributed by atoms with Crippen LogP contribution < -0.4 is 0 Å². The number of hydrogen-bond donors (Lipinski definition) is 0. The van der Waals surface area contributed by atoms with Crippen LogP contribution in [-0.2, 0) is 19.5 Å². The van der Waals surface area contributed by atoms with E-state index in [-0.39, 0.29) is 0 Å². The Bertz CT molecular complexity index is 814. The number of rotatable bonds is 3. The molecule has 0 radical (unpaired) electrons. The van der Waals surface area contributed by atoms with Gasteiger partial charge in [-0.1, -0.05) is 12.1 Å². The molecule has 0 aromatic carbocycles. The Kier molecular flexibility index (Phi) is 3.89. The van der Waals surface area contributed by atoms with Crippen LogP contribution in [0.25, 0.3) is 10.7 Å². The third kappa shape index (κ3) is 3.16. The van der Waals surface area contributed by atoms with E-state index in [1.54, 1.807) is 11.3 Å². The number of fused-ring (bicyclic) bond motifs is 1. The first-order valence-corrected chi connectivity index (χ1v) is 8.67. The van der Waals surface area contributed by atoms with Gasteiger partial charge in [0.1, 0.15) is 0 Å². The molecule has 4 heterocycles. The first-order chi connectivity index (χ1) is 11.3. The van der Waals surface area contributed by atoms with Gasteiger partial charge < -0.3 is 0 Å². The second-order valence-electron chi connectivity index (χ2n) is 5.97. The number of thiophene rings is 1. The maximum absolute atomic E-state index is 4.77. The molecule has 3 aromatic rings. The molecule has 0 unspecified atom stereocenters. The van der Waals surface area contributed by atoms with Crippen LogP contribution in [-0.4, -0.2) is 26.4 Å². The number of pyridine rings is 1. The van der Waals surface area contributed by atoms with E-state index >= 15 is 0 Å². The fourth-order valence-corrected chi connectivity index (χ4v) is 3.66. The third-order valence-corrected chi connectivity index (χ3v) is 4.96. The van der Waals surface area contributed by atoms with Crippen molar-refractivity contribution in [1.29, 1.82) is 0 Å². The van der Waals surface area contributed by atoms with Gasteiger partial charge in [-0.25, -0.2) is 9.97 Å². The smallest absolute Gasteiger partial charge is 0.169 e. The summed E-state index contributed by atoms with van der Waals surface area (Å²) in [5.41, 5.74) is 4.92. The van der Waals surface area contributed by atoms with Crippen LogP contribution in [0.2, 0.25) is 0 Å². The van der Waals surface area contributed by atoms with Gasteiger partial charge in [0, 0.05) is 50.2 Å². The van der Waals surface area contributed by atoms with Crippen LogP contribution in [0.1, 0.15) is 22.4 Å². The van der Waals surface area contributed by atoms with Crippen molar-refractivity contribution in [1.82, 2.24) is 19.9 Å². The van der Waals surface area contributed by atoms with Gasteiger partial charge in [-0.3, -0.25) is 9.88 Å². The summed E-state index contributed by atoms with van der Waals surface area (Å²) in [6, 6.07) is 6.32. The molecule has 0 amide bonds. The molecule has 0 spiro atoms. The van der Waals surface area contributed by atoms with Gasteiger partial charge in [-0.05, 0) is 29.5 Å². The fraction of sp³-hybridized carbons (Fsp3) is 0.278. The standard InChI is InChI=1S/C18H18N4S/c1-13-7-14(9-19-8-13)11-22-5-4-16-15(12-22)10-20-18(21-16)17-3-2-6-23-17/h2-3,6-10H,4-5,11-12H2,1H3. The van der Waals surface area contributed by atoms with Gasteiger partial charge in [-0.2, -0.15) is 0 Å². The summed E-state index contributed by atoms with van der Waals surface area (Å²) in [6.07, 6.45) is 6.83. The normalized spacial score (nSPS) is 14.7. The highest BCUT2D eigenvalue weighted by Crippen LogP contribution is 2.24. The van der Waals surface area contributed by atoms with E-state index in [2.05, 4.69) is 39.3 Å². The van der Waals surface area contributed by atoms with Gasteiger partial charge in [0.15, 0.2) is 5.82 Å². The molecule has 4 rings (SSSR count). The lowest BCUT2D eigenvalue weighted by Gasteiger charge is -2.28. The Hall–Kier alpha value is -2.11. The van der Waals surface area contributed by atoms with Crippen LogP contribution in [0.15, 0.2) is 42.2 Å². The molecule has 0 N–H and O–H groups in total. The van der Waals surface area contributed by atoms with Crippen molar-refractivity contribution in [3.8, 4) is 10.7 Å². The first kappa shape index (κ1) is 14.5. The fourth-order valence-electron chi connectivity index (χ4n) is 3.00. The third-order valence-electron chi connectivity index (χ3n) is 4.09. The topological polar surface area (TPSA) is 41.9 Å². The zero-order valence-electron chi connectivity index (χ0n) is 13.1. The first-order valence-electron chi connectivity index (χ1n) is 7.79. The summed E-state index contributed by atoms with van der Waals surface area (Å²) in [5.74, 6) is 0.857. The van der Waals surface area contributed by atoms with Gasteiger partial charge in [-0.15, -0.1) is 11.3 Å². The molecule has 1 aliphatic heterocycles. The van der Waals surface area contributed by atoms with Crippen molar-refractivity contribution in [2.45, 2.75) is 26.4 Å². The molecule has 0 saturated carbocycles. The predicted molar refractivity (Wildman–Crippen MR) is 92.1 cm³/mol. The van der Waals surface area contributed by atoms with Crippen LogP contribution in [0.5, 0.6) is 0 Å². The Morgan fingerprint density at radius 1 is 1.26 bits per heavy atom. The van der Waals surface area contributed by atoms with Crippen LogP contribution in [0.3, 0.4) is 0 Å². The Morgan fingerprint density at radius 2 is 2.22 bits per heavy atom. The maximum Gasteiger partial charge on any atom is 0.169 e. The van der Waals surface area contributed by atoms with Crippen LogP contribution >= 0.6 is 11.3 Å². The van der Waals surface area contributed by atoms with E-state index in [1.165, 1.54) is 22.4 Å². The molecule has 0 aliphatic carbocycles. The van der Waals surface area contributed by atoms with E-state index in [1.807, 2.05) is 24.7 Å². The summed E-state index contributed by atoms with van der Waals surface area (Å²) in [7, 11) is 0. The molecule has 23 heavy (non-hydrogen) atoms. The van der Waals surface area contributed by atoms with Crippen molar-refractivity contribution in [3.05, 3.63) is 64.6 Å². The van der Waals surface area contributed by atoms with Crippen molar-refractivity contribution >= 4 is 11.3 Å². The number of nitrogens with zero attached hydrogens (tertiary/aromatic N) is 4. The van der Waals surface area contributed by atoms with Crippen molar-refractivity contribution in [3.63, 3.8) is 0 Å². The summed E-state index contributed by atoms with van der Waals surface area (Å²) in [4.78, 5) is 17.2. The molecule has 5 heteroatoms. The number of aromatic nitrogens is 3. The zero-order valence-corrected chi connectivity index (χ0v) is 13.9. The van der Waals surface area contributed by atoms with Crippen molar-refractivity contribution < 1.29 is 0 Å². The molecular formula is C18H18N4S. The van der Waals surface area contributed by atoms with E-state index in [9.17, 15) is 0 Å². The van der Waals surface area contributed by atoms with E-state index in [4.69, 9.17) is 4.98 Å². The van der Waals surface area contributed by atoms with Crippen molar-refractivity contribution in [2.24, 2.45) is 0 Å². The Morgan fingerprint density at radius 3 is 3.04 bits per heavy atom.